The van der Waals surface area contributed by atoms with E-state index in [1.165, 1.54) is 11.3 Å². The molecule has 1 amide bonds. The van der Waals surface area contributed by atoms with Crippen LogP contribution in [0.25, 0.3) is 0 Å². The number of nitrogens with zero attached hydrogens (tertiary/aromatic N) is 1. The average molecular weight is 370 g/mol. The van der Waals surface area contributed by atoms with Crippen LogP contribution < -0.4 is 0 Å². The fourth-order valence-corrected chi connectivity index (χ4v) is 4.06. The number of rotatable bonds is 2. The van der Waals surface area contributed by atoms with Crippen LogP contribution in [0.1, 0.15) is 73.6 Å². The van der Waals surface area contributed by atoms with Gasteiger partial charge in [-0.05, 0) is 65.0 Å². The van der Waals surface area contributed by atoms with Crippen molar-refractivity contribution in [3.05, 3.63) is 20.9 Å². The lowest BCUT2D eigenvalue weighted by molar-refractivity contribution is 0.00543. The second-order valence-corrected chi connectivity index (χ2v) is 8.69. The van der Waals surface area contributed by atoms with E-state index in [1.807, 2.05) is 48.5 Å². The molecule has 1 heterocycles. The van der Waals surface area contributed by atoms with Gasteiger partial charge in [0.15, 0.2) is 0 Å². The van der Waals surface area contributed by atoms with Gasteiger partial charge in [-0.2, -0.15) is 0 Å². The van der Waals surface area contributed by atoms with Gasteiger partial charge in [0, 0.05) is 17.5 Å². The highest BCUT2D eigenvalue weighted by Gasteiger charge is 2.40. The van der Waals surface area contributed by atoms with E-state index in [-0.39, 0.29) is 11.6 Å². The minimum absolute atomic E-state index is 0.338. The lowest BCUT2D eigenvalue weighted by Gasteiger charge is -2.42. The minimum Gasteiger partial charge on any atom is -0.477 e. The van der Waals surface area contributed by atoms with Crippen molar-refractivity contribution in [2.75, 3.05) is 7.05 Å². The van der Waals surface area contributed by atoms with E-state index in [9.17, 15) is 14.7 Å². The standard InChI is InChI=1S/C17H25NO4S.C2H6/c1-10-12-9-17(5,18(6)15(21)22-16(2,3)4)8-7-11(12)13(23-10)14(19)20;1-2/h7-9H2,1-6H3,(H,19,20);1-2H3. The molecule has 1 N–H and O–H groups in total. The molecule has 0 bridgehead atoms. The van der Waals surface area contributed by atoms with Crippen LogP contribution in [0, 0.1) is 6.92 Å². The van der Waals surface area contributed by atoms with Crippen molar-refractivity contribution in [2.24, 2.45) is 0 Å². The van der Waals surface area contributed by atoms with Gasteiger partial charge in [-0.1, -0.05) is 13.8 Å². The van der Waals surface area contributed by atoms with Crippen LogP contribution in [0.5, 0.6) is 0 Å². The molecule has 1 aliphatic rings. The highest BCUT2D eigenvalue weighted by Crippen LogP contribution is 2.40. The van der Waals surface area contributed by atoms with Gasteiger partial charge in [-0.15, -0.1) is 11.3 Å². The third-order valence-electron chi connectivity index (χ3n) is 4.46. The third-order valence-corrected chi connectivity index (χ3v) is 5.64. The molecule has 6 heteroatoms. The summed E-state index contributed by atoms with van der Waals surface area (Å²) in [5, 5.41) is 9.34. The zero-order valence-corrected chi connectivity index (χ0v) is 17.5. The summed E-state index contributed by atoms with van der Waals surface area (Å²) in [5.41, 5.74) is 1.12. The number of aryl methyl sites for hydroxylation is 1. The first kappa shape index (κ1) is 21.5. The van der Waals surface area contributed by atoms with Crippen molar-refractivity contribution in [1.82, 2.24) is 4.90 Å². The largest absolute Gasteiger partial charge is 0.477 e. The van der Waals surface area contributed by atoms with Gasteiger partial charge in [0.1, 0.15) is 10.5 Å². The summed E-state index contributed by atoms with van der Waals surface area (Å²) < 4.78 is 5.48. The van der Waals surface area contributed by atoms with Crippen LogP contribution in [-0.2, 0) is 17.6 Å². The molecule has 1 unspecified atom stereocenters. The molecule has 5 nitrogen and oxygen atoms in total. The topological polar surface area (TPSA) is 66.8 Å². The van der Waals surface area contributed by atoms with E-state index in [4.69, 9.17) is 4.74 Å². The Labute approximate surface area is 155 Å². The summed E-state index contributed by atoms with van der Waals surface area (Å²) in [6.45, 7) is 13.5. The molecule has 142 valence electrons. The molecule has 0 aliphatic heterocycles. The number of carboxylic acids is 1. The molecule has 0 saturated carbocycles. The molecule has 0 saturated heterocycles. The number of carbonyl (C=O) groups is 2. The number of hydrogen-bond acceptors (Lipinski definition) is 4. The van der Waals surface area contributed by atoms with E-state index < -0.39 is 11.6 Å². The lowest BCUT2D eigenvalue weighted by Crippen LogP contribution is -2.52. The predicted octanol–water partition coefficient (Wildman–Crippen LogP) is 4.90. The second-order valence-electron chi connectivity index (χ2n) is 7.46. The Hall–Kier alpha value is -1.56. The highest BCUT2D eigenvalue weighted by atomic mass is 32.1. The highest BCUT2D eigenvalue weighted by molar-refractivity contribution is 7.14. The summed E-state index contributed by atoms with van der Waals surface area (Å²) >= 11 is 1.33. The third kappa shape index (κ3) is 4.75. The SMILES string of the molecule is CC.Cc1sc(C(=O)O)c2c1CC(C)(N(C)C(=O)OC(C)(C)C)CC2. The van der Waals surface area contributed by atoms with E-state index in [0.717, 1.165) is 22.4 Å². The Balaban J connectivity index is 0.00000151. The van der Waals surface area contributed by atoms with Gasteiger partial charge in [0.2, 0.25) is 0 Å². The number of carbonyl (C=O) groups excluding carboxylic acids is 1. The smallest absolute Gasteiger partial charge is 0.410 e. The van der Waals surface area contributed by atoms with Gasteiger partial charge < -0.3 is 14.7 Å². The van der Waals surface area contributed by atoms with Crippen LogP contribution in [0.15, 0.2) is 0 Å². The van der Waals surface area contributed by atoms with Crippen molar-refractivity contribution in [1.29, 1.82) is 0 Å². The summed E-state index contributed by atoms with van der Waals surface area (Å²) in [6, 6.07) is 0. The Morgan fingerprint density at radius 3 is 2.28 bits per heavy atom. The Bertz CT molecular complexity index is 645. The Kier molecular flexibility index (Phi) is 6.68. The van der Waals surface area contributed by atoms with Gasteiger partial charge in [-0.3, -0.25) is 0 Å². The first-order valence-corrected chi connectivity index (χ1v) is 9.57. The van der Waals surface area contributed by atoms with Gasteiger partial charge in [0.25, 0.3) is 0 Å². The molecule has 1 aromatic heterocycles. The maximum atomic E-state index is 12.4. The Morgan fingerprint density at radius 2 is 1.80 bits per heavy atom. The molecular weight excluding hydrogens is 338 g/mol. The van der Waals surface area contributed by atoms with Crippen LogP contribution in [-0.4, -0.2) is 40.3 Å². The maximum Gasteiger partial charge on any atom is 0.410 e. The number of thiophene rings is 1. The predicted molar refractivity (Wildman–Crippen MR) is 102 cm³/mol. The number of aromatic carboxylic acids is 1. The molecule has 1 aromatic rings. The van der Waals surface area contributed by atoms with E-state index >= 15 is 0 Å². The van der Waals surface area contributed by atoms with Gasteiger partial charge in [-0.25, -0.2) is 9.59 Å². The Morgan fingerprint density at radius 1 is 1.24 bits per heavy atom. The molecule has 25 heavy (non-hydrogen) atoms. The lowest BCUT2D eigenvalue weighted by atomic mass is 9.78. The molecule has 0 radical (unpaired) electrons. The van der Waals surface area contributed by atoms with Gasteiger partial charge >= 0.3 is 12.1 Å². The van der Waals surface area contributed by atoms with Crippen molar-refractivity contribution < 1.29 is 19.4 Å². The van der Waals surface area contributed by atoms with Crippen LogP contribution in [0.2, 0.25) is 0 Å². The summed E-state index contributed by atoms with van der Waals surface area (Å²) in [6.07, 6.45) is 1.72. The van der Waals surface area contributed by atoms with Crippen molar-refractivity contribution in [3.63, 3.8) is 0 Å². The fourth-order valence-electron chi connectivity index (χ4n) is 2.99. The zero-order valence-electron chi connectivity index (χ0n) is 16.6. The molecular formula is C19H31NO4S. The summed E-state index contributed by atoms with van der Waals surface area (Å²) in [7, 11) is 1.76. The van der Waals surface area contributed by atoms with Crippen LogP contribution >= 0.6 is 11.3 Å². The first-order valence-electron chi connectivity index (χ1n) is 8.76. The number of ether oxygens (including phenoxy) is 1. The van der Waals surface area contributed by atoms with E-state index in [1.54, 1.807) is 11.9 Å². The number of hydrogen-bond donors (Lipinski definition) is 1. The molecule has 1 atom stereocenters. The number of likely N-dealkylation sites (N-methyl/N-ethyl adjacent to an activating group) is 1. The average Bonchev–Trinajstić information content (AvgIpc) is 2.83. The summed E-state index contributed by atoms with van der Waals surface area (Å²) in [5.74, 6) is -0.858. The molecule has 0 aromatic carbocycles. The van der Waals surface area contributed by atoms with Crippen molar-refractivity contribution >= 4 is 23.4 Å². The normalized spacial score (nSPS) is 19.4. The monoisotopic (exact) mass is 369 g/mol. The van der Waals surface area contributed by atoms with Gasteiger partial charge in [0.05, 0.1) is 0 Å². The van der Waals surface area contributed by atoms with Crippen molar-refractivity contribution in [3.8, 4) is 0 Å². The van der Waals surface area contributed by atoms with Crippen molar-refractivity contribution in [2.45, 2.75) is 78.9 Å². The maximum absolute atomic E-state index is 12.4. The molecule has 2 rings (SSSR count). The number of fused-ring (bicyclic) bond motifs is 1. The van der Waals surface area contributed by atoms with E-state index in [0.29, 0.717) is 17.7 Å². The molecule has 0 spiro atoms. The van der Waals surface area contributed by atoms with Crippen LogP contribution in [0.3, 0.4) is 0 Å². The fraction of sp³-hybridized carbons (Fsp3) is 0.684. The quantitative estimate of drug-likeness (QED) is 0.805. The zero-order chi connectivity index (χ0) is 19.6. The first-order chi connectivity index (χ1) is 11.4. The summed E-state index contributed by atoms with van der Waals surface area (Å²) in [4.78, 5) is 26.9. The molecule has 0 fully saturated rings. The second kappa shape index (κ2) is 7.77. The number of amides is 1. The van der Waals surface area contributed by atoms with E-state index in [2.05, 4.69) is 0 Å². The minimum atomic E-state index is -0.858. The van der Waals surface area contributed by atoms with Crippen LogP contribution in [0.4, 0.5) is 4.79 Å². The number of carboxylic acid groups (broad SMARTS) is 1. The molecule has 1 aliphatic carbocycles.